The van der Waals surface area contributed by atoms with E-state index in [2.05, 4.69) is 5.32 Å². The van der Waals surface area contributed by atoms with Crippen molar-refractivity contribution in [3.05, 3.63) is 58.9 Å². The van der Waals surface area contributed by atoms with Gasteiger partial charge in [0.1, 0.15) is 17.9 Å². The van der Waals surface area contributed by atoms with E-state index >= 15 is 0 Å². The number of nitrogens with one attached hydrogen (secondary N) is 1. The van der Waals surface area contributed by atoms with Crippen LogP contribution >= 0.6 is 0 Å². The molecule has 0 saturated heterocycles. The highest BCUT2D eigenvalue weighted by atomic mass is 19.4. The van der Waals surface area contributed by atoms with Gasteiger partial charge in [-0.1, -0.05) is 0 Å². The number of halogens is 4. The van der Waals surface area contributed by atoms with Crippen LogP contribution in [0, 0.1) is 5.82 Å². The molecular weight excluding hydrogens is 326 g/mol. The number of anilines is 1. The Morgan fingerprint density at radius 2 is 1.88 bits per heavy atom. The fourth-order valence-corrected chi connectivity index (χ4v) is 2.35. The summed E-state index contributed by atoms with van der Waals surface area (Å²) in [7, 11) is 1.39. The number of hydrogen-bond donors (Lipinski definition) is 1. The molecule has 128 valence electrons. The monoisotopic (exact) mass is 341 g/mol. The SMILES string of the molecule is COc1ccc(F)cc1C(C)Nc1ccc(C=O)cc1C(F)(F)F. The van der Waals surface area contributed by atoms with Crippen molar-refractivity contribution in [2.24, 2.45) is 0 Å². The summed E-state index contributed by atoms with van der Waals surface area (Å²) in [5.41, 5.74) is -0.866. The van der Waals surface area contributed by atoms with Crippen molar-refractivity contribution in [3.63, 3.8) is 0 Å². The van der Waals surface area contributed by atoms with Crippen LogP contribution in [0.2, 0.25) is 0 Å². The Kier molecular flexibility index (Phi) is 5.11. The van der Waals surface area contributed by atoms with E-state index in [1.807, 2.05) is 0 Å². The summed E-state index contributed by atoms with van der Waals surface area (Å²) >= 11 is 0. The van der Waals surface area contributed by atoms with Gasteiger partial charge < -0.3 is 10.1 Å². The third-order valence-corrected chi connectivity index (χ3v) is 3.52. The predicted molar refractivity (Wildman–Crippen MR) is 81.8 cm³/mol. The second-order valence-electron chi connectivity index (χ2n) is 5.17. The Morgan fingerprint density at radius 3 is 2.46 bits per heavy atom. The number of rotatable bonds is 5. The number of carbonyl (C=O) groups is 1. The Balaban J connectivity index is 2.41. The largest absolute Gasteiger partial charge is 0.496 e. The average molecular weight is 341 g/mol. The molecule has 2 aromatic rings. The highest BCUT2D eigenvalue weighted by Gasteiger charge is 2.34. The van der Waals surface area contributed by atoms with Gasteiger partial charge in [-0.05, 0) is 43.3 Å². The summed E-state index contributed by atoms with van der Waals surface area (Å²) < 4.78 is 58.1. The van der Waals surface area contributed by atoms with Crippen molar-refractivity contribution in [2.75, 3.05) is 12.4 Å². The molecule has 1 N–H and O–H groups in total. The molecule has 0 aliphatic carbocycles. The third kappa shape index (κ3) is 3.84. The zero-order chi connectivity index (χ0) is 17.9. The van der Waals surface area contributed by atoms with Crippen molar-refractivity contribution < 1.29 is 27.1 Å². The summed E-state index contributed by atoms with van der Waals surface area (Å²) in [5, 5.41) is 2.70. The van der Waals surface area contributed by atoms with Crippen LogP contribution < -0.4 is 10.1 Å². The number of alkyl halides is 3. The van der Waals surface area contributed by atoms with E-state index in [1.54, 1.807) is 6.92 Å². The highest BCUT2D eigenvalue weighted by molar-refractivity contribution is 5.77. The minimum absolute atomic E-state index is 0.0798. The van der Waals surface area contributed by atoms with E-state index in [9.17, 15) is 22.4 Å². The fraction of sp³-hybridized carbons (Fsp3) is 0.235. The highest BCUT2D eigenvalue weighted by Crippen LogP contribution is 2.37. The van der Waals surface area contributed by atoms with Gasteiger partial charge in [-0.15, -0.1) is 0 Å². The molecular formula is C17H15F4NO2. The quantitative estimate of drug-likeness (QED) is 0.625. The standard InChI is InChI=1S/C17H15F4NO2/c1-10(13-8-12(18)4-6-16(13)24-2)22-15-5-3-11(9-23)7-14(15)17(19,20)21/h3-10,22H,1-2H3. The normalized spacial score (nSPS) is 12.6. The van der Waals surface area contributed by atoms with Crippen LogP contribution in [0.4, 0.5) is 23.2 Å². The van der Waals surface area contributed by atoms with Crippen LogP contribution in [0.15, 0.2) is 36.4 Å². The molecule has 0 saturated carbocycles. The van der Waals surface area contributed by atoms with Gasteiger partial charge in [0.05, 0.1) is 18.7 Å². The van der Waals surface area contributed by atoms with Crippen LogP contribution in [-0.4, -0.2) is 13.4 Å². The summed E-state index contributed by atoms with van der Waals surface area (Å²) in [4.78, 5) is 10.7. The van der Waals surface area contributed by atoms with E-state index in [0.717, 1.165) is 6.07 Å². The average Bonchev–Trinajstić information content (AvgIpc) is 2.54. The second kappa shape index (κ2) is 6.90. The predicted octanol–water partition coefficient (Wildman–Crippen LogP) is 4.84. The van der Waals surface area contributed by atoms with Gasteiger partial charge in [-0.2, -0.15) is 13.2 Å². The summed E-state index contributed by atoms with van der Waals surface area (Å²) in [6, 6.07) is 6.38. The van der Waals surface area contributed by atoms with Gasteiger partial charge in [0.25, 0.3) is 0 Å². The van der Waals surface area contributed by atoms with Gasteiger partial charge in [0.15, 0.2) is 0 Å². The van der Waals surface area contributed by atoms with Gasteiger partial charge in [-0.3, -0.25) is 4.79 Å². The van der Waals surface area contributed by atoms with E-state index in [1.165, 1.54) is 37.4 Å². The molecule has 0 bridgehead atoms. The molecule has 1 unspecified atom stereocenters. The van der Waals surface area contributed by atoms with Gasteiger partial charge in [-0.25, -0.2) is 4.39 Å². The molecule has 0 heterocycles. The topological polar surface area (TPSA) is 38.3 Å². The first-order valence-corrected chi connectivity index (χ1v) is 7.02. The van der Waals surface area contributed by atoms with Gasteiger partial charge >= 0.3 is 6.18 Å². The molecule has 2 aromatic carbocycles. The van der Waals surface area contributed by atoms with E-state index < -0.39 is 23.6 Å². The molecule has 0 aromatic heterocycles. The molecule has 0 fully saturated rings. The van der Waals surface area contributed by atoms with Crippen LogP contribution in [0.25, 0.3) is 0 Å². The first kappa shape index (κ1) is 17.8. The van der Waals surface area contributed by atoms with E-state index in [-0.39, 0.29) is 11.3 Å². The molecule has 2 rings (SSSR count). The second-order valence-corrected chi connectivity index (χ2v) is 5.17. The van der Waals surface area contributed by atoms with Gasteiger partial charge in [0, 0.05) is 16.8 Å². The van der Waals surface area contributed by atoms with Crippen molar-refractivity contribution in [3.8, 4) is 5.75 Å². The summed E-state index contributed by atoms with van der Waals surface area (Å²) in [6.45, 7) is 1.59. The first-order chi connectivity index (χ1) is 11.3. The number of hydrogen-bond acceptors (Lipinski definition) is 3. The maximum atomic E-state index is 13.4. The molecule has 24 heavy (non-hydrogen) atoms. The lowest BCUT2D eigenvalue weighted by molar-refractivity contribution is -0.137. The molecule has 1 atom stereocenters. The molecule has 0 spiro atoms. The fourth-order valence-electron chi connectivity index (χ4n) is 2.35. The molecule has 0 amide bonds. The maximum absolute atomic E-state index is 13.4. The van der Waals surface area contributed by atoms with Crippen LogP contribution in [0.3, 0.4) is 0 Å². The lowest BCUT2D eigenvalue weighted by atomic mass is 10.0. The Bertz CT molecular complexity index is 744. The molecule has 0 radical (unpaired) electrons. The zero-order valence-electron chi connectivity index (χ0n) is 12.9. The third-order valence-electron chi connectivity index (χ3n) is 3.52. The number of aldehydes is 1. The maximum Gasteiger partial charge on any atom is 0.418 e. The Hall–Kier alpha value is -2.57. The minimum atomic E-state index is -4.63. The van der Waals surface area contributed by atoms with Crippen molar-refractivity contribution in [1.82, 2.24) is 0 Å². The lowest BCUT2D eigenvalue weighted by Gasteiger charge is -2.21. The van der Waals surface area contributed by atoms with Crippen molar-refractivity contribution in [1.29, 1.82) is 0 Å². The van der Waals surface area contributed by atoms with Crippen molar-refractivity contribution in [2.45, 2.75) is 19.1 Å². The Morgan fingerprint density at radius 1 is 1.17 bits per heavy atom. The van der Waals surface area contributed by atoms with Gasteiger partial charge in [0.2, 0.25) is 0 Å². The van der Waals surface area contributed by atoms with Crippen LogP contribution in [0.5, 0.6) is 5.75 Å². The van der Waals surface area contributed by atoms with Crippen LogP contribution in [0.1, 0.15) is 34.5 Å². The van der Waals surface area contributed by atoms with E-state index in [4.69, 9.17) is 4.74 Å². The number of ether oxygens (including phenoxy) is 1. The van der Waals surface area contributed by atoms with E-state index in [0.29, 0.717) is 17.6 Å². The van der Waals surface area contributed by atoms with Crippen molar-refractivity contribution >= 4 is 12.0 Å². The number of benzene rings is 2. The molecule has 0 aliphatic heterocycles. The van der Waals surface area contributed by atoms with Crippen LogP contribution in [-0.2, 0) is 6.18 Å². The Labute approximate surface area is 136 Å². The number of methoxy groups -OCH3 is 1. The minimum Gasteiger partial charge on any atom is -0.496 e. The lowest BCUT2D eigenvalue weighted by Crippen LogP contribution is -2.14. The summed E-state index contributed by atoms with van der Waals surface area (Å²) in [5.74, 6) is -0.165. The molecule has 7 heteroatoms. The first-order valence-electron chi connectivity index (χ1n) is 7.02. The smallest absolute Gasteiger partial charge is 0.418 e. The summed E-state index contributed by atoms with van der Waals surface area (Å²) in [6.07, 6.45) is -4.29. The zero-order valence-corrected chi connectivity index (χ0v) is 12.9. The molecule has 3 nitrogen and oxygen atoms in total. The molecule has 0 aliphatic rings. The number of carbonyl (C=O) groups excluding carboxylic acids is 1.